The van der Waals surface area contributed by atoms with Crippen LogP contribution in [0.3, 0.4) is 0 Å². The number of hydrogen-bond acceptors (Lipinski definition) is 4. The standard InChI is InChI=1S/C20H28FNO3/c1-19-5-3-10(22)7-13(19)11(9-23)17(24)16-12(19)4-6-20(2)14(16)8-15(21)18(20)25/h11-16,22-23H,3-9H2,1-2H3/t11-,12?,13?,14?,15?,16?,19-,20+/m1/s1. The summed E-state index contributed by atoms with van der Waals surface area (Å²) in [5.41, 5.74) is -0.150. The van der Waals surface area contributed by atoms with Gasteiger partial charge < -0.3 is 10.5 Å². The number of alkyl halides is 1. The minimum atomic E-state index is -1.45. The number of carbonyl (C=O) groups excluding carboxylic acids is 2. The van der Waals surface area contributed by atoms with E-state index < -0.39 is 17.5 Å². The lowest BCUT2D eigenvalue weighted by Gasteiger charge is -2.60. The summed E-state index contributed by atoms with van der Waals surface area (Å²) in [6.45, 7) is 3.86. The first kappa shape index (κ1) is 17.3. The van der Waals surface area contributed by atoms with Crippen molar-refractivity contribution in [3.63, 3.8) is 0 Å². The fraction of sp³-hybridized carbons (Fsp3) is 0.850. The average Bonchev–Trinajstić information content (AvgIpc) is 2.80. The zero-order valence-corrected chi connectivity index (χ0v) is 15.1. The van der Waals surface area contributed by atoms with Crippen LogP contribution in [0, 0.1) is 45.8 Å². The molecule has 4 nitrogen and oxygen atoms in total. The van der Waals surface area contributed by atoms with Crippen LogP contribution in [0.1, 0.15) is 52.4 Å². The van der Waals surface area contributed by atoms with E-state index in [1.165, 1.54) is 0 Å². The zero-order chi connectivity index (χ0) is 18.1. The van der Waals surface area contributed by atoms with Crippen molar-refractivity contribution in [2.45, 2.75) is 58.5 Å². The van der Waals surface area contributed by atoms with Crippen molar-refractivity contribution in [3.05, 3.63) is 0 Å². The van der Waals surface area contributed by atoms with E-state index in [4.69, 9.17) is 5.41 Å². The van der Waals surface area contributed by atoms with Gasteiger partial charge in [0.2, 0.25) is 0 Å². The molecule has 138 valence electrons. The molecule has 25 heavy (non-hydrogen) atoms. The molecule has 0 radical (unpaired) electrons. The third-order valence-electron chi connectivity index (χ3n) is 8.47. The highest BCUT2D eigenvalue weighted by Crippen LogP contribution is 2.65. The third kappa shape index (κ3) is 2.11. The Hall–Kier alpha value is -1.10. The second-order valence-electron chi connectivity index (χ2n) is 9.37. The van der Waals surface area contributed by atoms with Crippen LogP contribution in [0.2, 0.25) is 0 Å². The summed E-state index contributed by atoms with van der Waals surface area (Å²) in [6, 6.07) is 0. The summed E-state index contributed by atoms with van der Waals surface area (Å²) >= 11 is 0. The van der Waals surface area contributed by atoms with Crippen LogP contribution in [-0.2, 0) is 9.59 Å². The molecule has 5 unspecified atom stereocenters. The fourth-order valence-corrected chi connectivity index (χ4v) is 6.97. The molecule has 2 N–H and O–H groups in total. The molecule has 0 aromatic carbocycles. The molecule has 4 rings (SSSR count). The first-order chi connectivity index (χ1) is 11.7. The Bertz CT molecular complexity index is 649. The van der Waals surface area contributed by atoms with E-state index in [1.807, 2.05) is 6.92 Å². The van der Waals surface area contributed by atoms with Crippen LogP contribution >= 0.6 is 0 Å². The second-order valence-corrected chi connectivity index (χ2v) is 9.37. The number of hydrogen-bond donors (Lipinski definition) is 2. The van der Waals surface area contributed by atoms with E-state index in [1.54, 1.807) is 0 Å². The number of nitrogens with one attached hydrogen (secondary N) is 1. The van der Waals surface area contributed by atoms with Gasteiger partial charge in [-0.25, -0.2) is 4.39 Å². The van der Waals surface area contributed by atoms with E-state index in [9.17, 15) is 19.1 Å². The second kappa shape index (κ2) is 5.45. The molecule has 0 spiro atoms. The summed E-state index contributed by atoms with van der Waals surface area (Å²) in [7, 11) is 0. The van der Waals surface area contributed by atoms with Crippen molar-refractivity contribution in [2.75, 3.05) is 6.61 Å². The number of rotatable bonds is 1. The maximum Gasteiger partial charge on any atom is 0.173 e. The molecule has 0 aromatic heterocycles. The Morgan fingerprint density at radius 3 is 2.60 bits per heavy atom. The largest absolute Gasteiger partial charge is 0.396 e. The normalized spacial score (nSPS) is 52.6. The van der Waals surface area contributed by atoms with Crippen molar-refractivity contribution in [2.24, 2.45) is 40.4 Å². The van der Waals surface area contributed by atoms with Gasteiger partial charge in [-0.3, -0.25) is 9.59 Å². The lowest BCUT2D eigenvalue weighted by molar-refractivity contribution is -0.166. The van der Waals surface area contributed by atoms with Crippen LogP contribution in [0.4, 0.5) is 4.39 Å². The number of Topliss-reactive ketones (excluding diaryl/α,β-unsaturated/α-hetero) is 2. The monoisotopic (exact) mass is 349 g/mol. The van der Waals surface area contributed by atoms with E-state index in [0.717, 1.165) is 19.3 Å². The van der Waals surface area contributed by atoms with Gasteiger partial charge in [-0.1, -0.05) is 13.8 Å². The molecule has 4 aliphatic carbocycles. The Labute approximate surface area is 148 Å². The van der Waals surface area contributed by atoms with Crippen LogP contribution < -0.4 is 0 Å². The first-order valence-electron chi connectivity index (χ1n) is 9.63. The molecule has 4 saturated carbocycles. The Morgan fingerprint density at radius 1 is 1.20 bits per heavy atom. The number of aliphatic hydroxyl groups is 1. The van der Waals surface area contributed by atoms with Gasteiger partial charge in [0.1, 0.15) is 5.78 Å². The minimum absolute atomic E-state index is 0.00938. The van der Waals surface area contributed by atoms with Gasteiger partial charge >= 0.3 is 0 Å². The lowest BCUT2D eigenvalue weighted by Crippen LogP contribution is -2.61. The smallest absolute Gasteiger partial charge is 0.173 e. The van der Waals surface area contributed by atoms with Crippen molar-refractivity contribution in [1.29, 1.82) is 5.41 Å². The summed E-state index contributed by atoms with van der Waals surface area (Å²) in [5, 5.41) is 18.0. The average molecular weight is 349 g/mol. The quantitative estimate of drug-likeness (QED) is 0.764. The van der Waals surface area contributed by atoms with Crippen molar-refractivity contribution in [1.82, 2.24) is 0 Å². The molecule has 0 aromatic rings. The molecular weight excluding hydrogens is 321 g/mol. The fourth-order valence-electron chi connectivity index (χ4n) is 6.97. The molecule has 0 heterocycles. The predicted octanol–water partition coefficient (Wildman–Crippen LogP) is 2.96. The zero-order valence-electron chi connectivity index (χ0n) is 15.1. The number of aliphatic hydroxyl groups excluding tert-OH is 1. The van der Waals surface area contributed by atoms with Crippen LogP contribution in [-0.4, -0.2) is 35.2 Å². The van der Waals surface area contributed by atoms with Gasteiger partial charge in [-0.2, -0.15) is 0 Å². The third-order valence-corrected chi connectivity index (χ3v) is 8.47. The van der Waals surface area contributed by atoms with E-state index in [-0.39, 0.29) is 53.7 Å². The van der Waals surface area contributed by atoms with Gasteiger partial charge in [0.25, 0.3) is 0 Å². The Balaban J connectivity index is 1.78. The van der Waals surface area contributed by atoms with E-state index >= 15 is 0 Å². The summed E-state index contributed by atoms with van der Waals surface area (Å²) in [6.07, 6.45) is 2.35. The van der Waals surface area contributed by atoms with Gasteiger partial charge in [0, 0.05) is 23.0 Å². The minimum Gasteiger partial charge on any atom is -0.396 e. The van der Waals surface area contributed by atoms with Gasteiger partial charge in [-0.05, 0) is 61.7 Å². The molecule has 4 aliphatic rings. The number of carbonyl (C=O) groups is 2. The molecule has 0 aliphatic heterocycles. The maximum atomic E-state index is 14.3. The molecular formula is C20H28FNO3. The SMILES string of the molecule is C[C@]12CCC(=N)CC1[C@@H](CO)C(=O)C1C2CC[C@]2(C)C(=O)C(F)CC12. The maximum absolute atomic E-state index is 14.3. The number of fused-ring (bicyclic) bond motifs is 5. The number of halogens is 1. The predicted molar refractivity (Wildman–Crippen MR) is 91.1 cm³/mol. The topological polar surface area (TPSA) is 78.2 Å². The highest BCUT2D eigenvalue weighted by atomic mass is 19.1. The molecule has 0 bridgehead atoms. The molecule has 4 fully saturated rings. The Morgan fingerprint density at radius 2 is 1.92 bits per heavy atom. The summed E-state index contributed by atoms with van der Waals surface area (Å²) < 4.78 is 14.3. The van der Waals surface area contributed by atoms with Crippen molar-refractivity contribution >= 4 is 17.3 Å². The van der Waals surface area contributed by atoms with Crippen LogP contribution in [0.25, 0.3) is 0 Å². The first-order valence-corrected chi connectivity index (χ1v) is 9.63. The van der Waals surface area contributed by atoms with E-state index in [0.29, 0.717) is 18.6 Å². The Kier molecular flexibility index (Phi) is 3.77. The number of ketones is 2. The van der Waals surface area contributed by atoms with Crippen molar-refractivity contribution in [3.8, 4) is 0 Å². The molecule has 5 heteroatoms. The lowest BCUT2D eigenvalue weighted by atomic mass is 9.43. The van der Waals surface area contributed by atoms with Crippen LogP contribution in [0.15, 0.2) is 0 Å². The van der Waals surface area contributed by atoms with Crippen molar-refractivity contribution < 1.29 is 19.1 Å². The molecule has 0 amide bonds. The van der Waals surface area contributed by atoms with Gasteiger partial charge in [-0.15, -0.1) is 0 Å². The van der Waals surface area contributed by atoms with Gasteiger partial charge in [0.05, 0.1) is 6.61 Å². The highest BCUT2D eigenvalue weighted by Gasteiger charge is 2.66. The van der Waals surface area contributed by atoms with Gasteiger partial charge in [0.15, 0.2) is 12.0 Å². The highest BCUT2D eigenvalue weighted by molar-refractivity contribution is 5.94. The molecule has 8 atom stereocenters. The summed E-state index contributed by atoms with van der Waals surface area (Å²) in [5.74, 6) is -1.14. The van der Waals surface area contributed by atoms with Crippen LogP contribution in [0.5, 0.6) is 0 Å². The van der Waals surface area contributed by atoms with E-state index in [2.05, 4.69) is 6.92 Å². The molecule has 0 saturated heterocycles. The summed E-state index contributed by atoms with van der Waals surface area (Å²) in [4.78, 5) is 25.8.